The quantitative estimate of drug-likeness (QED) is 0.366. The molecule has 31 heavy (non-hydrogen) atoms. The van der Waals surface area contributed by atoms with Gasteiger partial charge in [-0.25, -0.2) is 0 Å². The number of pyridine rings is 2. The molecule has 0 amide bonds. The first-order chi connectivity index (χ1) is 14.6. The van der Waals surface area contributed by atoms with Crippen molar-refractivity contribution in [3.8, 4) is 11.4 Å². The average molecular weight is 507 g/mol. The molecular formula is C26H32Cl2CuN2. The summed E-state index contributed by atoms with van der Waals surface area (Å²) in [6.07, 6.45) is 2.69. The molecule has 2 heterocycles. The molecule has 2 saturated carbocycles. The zero-order chi connectivity index (χ0) is 22.3. The molecule has 0 saturated heterocycles. The van der Waals surface area contributed by atoms with Crippen LogP contribution in [0.25, 0.3) is 11.4 Å². The molecule has 0 aromatic carbocycles. The maximum atomic E-state index is 5.18. The second kappa shape index (κ2) is 7.45. The van der Waals surface area contributed by atoms with E-state index in [-0.39, 0.29) is 0 Å². The number of halogens is 2. The van der Waals surface area contributed by atoms with Crippen LogP contribution in [0.3, 0.4) is 0 Å². The van der Waals surface area contributed by atoms with E-state index in [2.05, 4.69) is 86.0 Å². The fraction of sp³-hybridized carbons (Fsp3) is 0.615. The van der Waals surface area contributed by atoms with Gasteiger partial charge >= 0.3 is 33.3 Å². The summed E-state index contributed by atoms with van der Waals surface area (Å²) in [5.41, 5.74) is 8.68. The first-order valence-corrected chi connectivity index (χ1v) is 14.0. The first kappa shape index (κ1) is 22.2. The van der Waals surface area contributed by atoms with Gasteiger partial charge in [-0.15, -0.1) is 0 Å². The molecule has 2 nitrogen and oxygen atoms in total. The Kier molecular flexibility index (Phi) is 5.34. The summed E-state index contributed by atoms with van der Waals surface area (Å²) in [5.74, 6) is 4.05. The normalized spacial score (nSPS) is 35.0. The average Bonchev–Trinajstić information content (AvgIpc) is 2.73. The Morgan fingerprint density at radius 1 is 0.742 bits per heavy atom. The molecule has 171 valence electrons. The topological polar surface area (TPSA) is 25.8 Å². The van der Waals surface area contributed by atoms with Gasteiger partial charge in [0.1, 0.15) is 0 Å². The van der Waals surface area contributed by atoms with Gasteiger partial charge < -0.3 is 0 Å². The Morgan fingerprint density at radius 2 is 1.10 bits per heavy atom. The minimum atomic E-state index is 0.433. The molecule has 4 bridgehead atoms. The summed E-state index contributed by atoms with van der Waals surface area (Å²) < 4.78 is 0. The molecule has 2 aromatic rings. The molecule has 8 rings (SSSR count). The van der Waals surface area contributed by atoms with Crippen LogP contribution in [0.5, 0.6) is 0 Å². The van der Waals surface area contributed by atoms with Crippen LogP contribution in [0.15, 0.2) is 24.3 Å². The SMILES string of the molecule is C[C@@H]1c2nc(-c3ccc4c(n3)[C@@H](C)[C@H]3C[C@@H]4C3(C)C)ccc2[C@@H]2C[C@H]1C2(C)C.[Cl][Cu][Cl]. The van der Waals surface area contributed by atoms with Crippen LogP contribution in [0, 0.1) is 22.7 Å². The molecule has 5 heteroatoms. The molecule has 0 aliphatic heterocycles. The third-order valence-corrected chi connectivity index (χ3v) is 9.68. The Balaban J connectivity index is 0.000000646. The molecule has 2 aromatic heterocycles. The van der Waals surface area contributed by atoms with Crippen molar-refractivity contribution in [3.63, 3.8) is 0 Å². The van der Waals surface area contributed by atoms with Crippen molar-refractivity contribution >= 4 is 20.2 Å². The van der Waals surface area contributed by atoms with Crippen molar-refractivity contribution in [2.45, 2.75) is 78.1 Å². The monoisotopic (exact) mass is 505 g/mol. The summed E-state index contributed by atoms with van der Waals surface area (Å²) in [5, 5.41) is 0. The Labute approximate surface area is 201 Å². The van der Waals surface area contributed by atoms with Gasteiger partial charge in [0.2, 0.25) is 0 Å². The summed E-state index contributed by atoms with van der Waals surface area (Å²) in [6, 6.07) is 9.18. The number of hydrogen-bond acceptors (Lipinski definition) is 2. The van der Waals surface area contributed by atoms with Gasteiger partial charge in [0.15, 0.2) is 0 Å². The van der Waals surface area contributed by atoms with E-state index in [1.54, 1.807) is 0 Å². The molecule has 6 aliphatic carbocycles. The number of rotatable bonds is 1. The van der Waals surface area contributed by atoms with Crippen LogP contribution in [0.1, 0.15) is 101 Å². The van der Waals surface area contributed by atoms with Crippen molar-refractivity contribution in [1.82, 2.24) is 9.97 Å². The second-order valence-electron chi connectivity index (χ2n) is 11.4. The number of aromatic nitrogens is 2. The molecule has 6 aliphatic rings. The zero-order valence-corrected chi connectivity index (χ0v) is 21.6. The molecule has 0 unspecified atom stereocenters. The molecule has 0 N–H and O–H groups in total. The van der Waals surface area contributed by atoms with Crippen molar-refractivity contribution in [2.75, 3.05) is 0 Å². The van der Waals surface area contributed by atoms with Crippen LogP contribution in [-0.4, -0.2) is 9.97 Å². The van der Waals surface area contributed by atoms with Gasteiger partial charge in [0, 0.05) is 23.2 Å². The van der Waals surface area contributed by atoms with Crippen molar-refractivity contribution in [2.24, 2.45) is 22.7 Å². The molecule has 0 spiro atoms. The molecule has 0 radical (unpaired) electrons. The summed E-state index contributed by atoms with van der Waals surface area (Å²) in [7, 11) is 9.34. The van der Waals surface area contributed by atoms with Gasteiger partial charge in [0.25, 0.3) is 0 Å². The van der Waals surface area contributed by atoms with Gasteiger partial charge in [-0.1, -0.05) is 53.7 Å². The van der Waals surface area contributed by atoms with Gasteiger partial charge in [-0.2, -0.15) is 0 Å². The van der Waals surface area contributed by atoms with Crippen LogP contribution in [0.2, 0.25) is 0 Å². The minimum absolute atomic E-state index is 0.433. The maximum absolute atomic E-state index is 5.18. The van der Waals surface area contributed by atoms with Crippen LogP contribution >= 0.6 is 20.2 Å². The second-order valence-corrected chi connectivity index (χ2v) is 12.9. The fourth-order valence-corrected chi connectivity index (χ4v) is 7.63. The van der Waals surface area contributed by atoms with Crippen LogP contribution in [-0.2, 0) is 13.1 Å². The summed E-state index contributed by atoms with van der Waals surface area (Å²) >= 11 is 0.757. The van der Waals surface area contributed by atoms with Crippen molar-refractivity contribution in [1.29, 1.82) is 0 Å². The standard InChI is InChI=1S/C26H32N2.2ClH.Cu/c1-13-17-11-19(25(17,3)4)15-7-9-21(27-23(13)15)22-10-8-16-20-12-18(26(20,5)6)14(2)24(16)28-22;;;/h7-10,13-14,17-20H,11-12H2,1-6H3;2*1H;/q;;;+2/p-2/t13-,14-,17+,18+,19-,20-;;;/m0.../s1. The number of hydrogen-bond donors (Lipinski definition) is 0. The third kappa shape index (κ3) is 3.03. The van der Waals surface area contributed by atoms with Crippen molar-refractivity contribution in [3.05, 3.63) is 46.8 Å². The van der Waals surface area contributed by atoms with E-state index in [1.165, 1.54) is 35.4 Å². The Hall–Kier alpha value is -0.601. The Morgan fingerprint density at radius 3 is 1.42 bits per heavy atom. The van der Waals surface area contributed by atoms with E-state index in [0.29, 0.717) is 34.5 Å². The van der Waals surface area contributed by atoms with E-state index in [1.807, 2.05) is 0 Å². The summed E-state index contributed by atoms with van der Waals surface area (Å²) in [6.45, 7) is 14.5. The number of nitrogens with zero attached hydrogens (tertiary/aromatic N) is 2. The first-order valence-electron chi connectivity index (χ1n) is 11.5. The van der Waals surface area contributed by atoms with Crippen LogP contribution < -0.4 is 0 Å². The van der Waals surface area contributed by atoms with E-state index in [0.717, 1.165) is 36.4 Å². The predicted octanol–water partition coefficient (Wildman–Crippen LogP) is 8.01. The van der Waals surface area contributed by atoms with E-state index >= 15 is 0 Å². The van der Waals surface area contributed by atoms with Crippen molar-refractivity contribution < 1.29 is 13.1 Å². The molecule has 2 fully saturated rings. The zero-order valence-electron chi connectivity index (χ0n) is 19.1. The molecular weight excluding hydrogens is 475 g/mol. The van der Waals surface area contributed by atoms with E-state index in [9.17, 15) is 0 Å². The van der Waals surface area contributed by atoms with E-state index < -0.39 is 0 Å². The summed E-state index contributed by atoms with van der Waals surface area (Å²) in [4.78, 5) is 10.4. The fourth-order valence-electron chi connectivity index (χ4n) is 7.63. The Bertz CT molecular complexity index is 953. The van der Waals surface area contributed by atoms with Crippen LogP contribution in [0.4, 0.5) is 0 Å². The molecule has 6 atom stereocenters. The van der Waals surface area contributed by atoms with Gasteiger partial charge in [-0.05, 0) is 70.6 Å². The third-order valence-electron chi connectivity index (χ3n) is 9.68. The van der Waals surface area contributed by atoms with Gasteiger partial charge in [0.05, 0.1) is 11.4 Å². The predicted molar refractivity (Wildman–Crippen MR) is 125 cm³/mol. The van der Waals surface area contributed by atoms with E-state index in [4.69, 9.17) is 9.97 Å². The van der Waals surface area contributed by atoms with Gasteiger partial charge in [-0.3, -0.25) is 9.97 Å².